The number of hydrogen-bond donors (Lipinski definition) is 0. The van der Waals surface area contributed by atoms with E-state index in [4.69, 9.17) is 18.9 Å². The fourth-order valence-corrected chi connectivity index (χ4v) is 3.45. The zero-order valence-corrected chi connectivity index (χ0v) is 16.4. The van der Waals surface area contributed by atoms with E-state index in [-0.39, 0.29) is 0 Å². The van der Waals surface area contributed by atoms with Crippen LogP contribution in [0.1, 0.15) is 30.4 Å². The minimum absolute atomic E-state index is 0.387. The third-order valence-electron chi connectivity index (χ3n) is 5.02. The van der Waals surface area contributed by atoms with Crippen molar-refractivity contribution in [1.29, 1.82) is 0 Å². The normalized spacial score (nSPS) is 18.7. The van der Waals surface area contributed by atoms with Gasteiger partial charge in [0.15, 0.2) is 11.5 Å². The van der Waals surface area contributed by atoms with Crippen LogP contribution in [-0.2, 0) is 22.5 Å². The van der Waals surface area contributed by atoms with Gasteiger partial charge in [-0.05, 0) is 48.4 Å². The largest absolute Gasteiger partial charge is 0.493 e. The lowest BCUT2D eigenvalue weighted by Crippen LogP contribution is -2.32. The van der Waals surface area contributed by atoms with Crippen molar-refractivity contribution in [3.63, 3.8) is 0 Å². The molecule has 1 aliphatic rings. The van der Waals surface area contributed by atoms with Crippen LogP contribution < -0.4 is 9.47 Å². The molecule has 0 heterocycles. The lowest BCUT2D eigenvalue weighted by molar-refractivity contribution is -0.0398. The highest BCUT2D eigenvalue weighted by Gasteiger charge is 2.30. The summed E-state index contributed by atoms with van der Waals surface area (Å²) in [5.41, 5.74) is 2.54. The molecule has 0 spiro atoms. The number of benzene rings is 2. The molecule has 27 heavy (non-hydrogen) atoms. The Kier molecular flexibility index (Phi) is 7.55. The Bertz CT molecular complexity index is 680. The lowest BCUT2D eigenvalue weighted by atomic mass is 9.78. The molecule has 3 rings (SSSR count). The smallest absolute Gasteiger partial charge is 0.161 e. The van der Waals surface area contributed by atoms with E-state index in [1.54, 1.807) is 14.2 Å². The number of ether oxygens (including phenoxy) is 4. The minimum atomic E-state index is 0.387. The van der Waals surface area contributed by atoms with E-state index in [1.165, 1.54) is 11.1 Å². The summed E-state index contributed by atoms with van der Waals surface area (Å²) in [5, 5.41) is 0. The van der Waals surface area contributed by atoms with Crippen LogP contribution in [0.5, 0.6) is 11.5 Å². The Morgan fingerprint density at radius 3 is 2.44 bits per heavy atom. The fraction of sp³-hybridized carbons (Fsp3) is 0.478. The molecule has 0 radical (unpaired) electrons. The quantitative estimate of drug-likeness (QED) is 0.540. The molecule has 1 aliphatic carbocycles. The molecule has 0 N–H and O–H groups in total. The number of methoxy groups -OCH3 is 2. The van der Waals surface area contributed by atoms with Gasteiger partial charge >= 0.3 is 0 Å². The van der Waals surface area contributed by atoms with Gasteiger partial charge in [-0.25, -0.2) is 0 Å². The van der Waals surface area contributed by atoms with Crippen molar-refractivity contribution in [1.82, 2.24) is 0 Å². The fourth-order valence-electron chi connectivity index (χ4n) is 3.45. The Balaban J connectivity index is 1.44. The van der Waals surface area contributed by atoms with Gasteiger partial charge in [0.25, 0.3) is 0 Å². The van der Waals surface area contributed by atoms with Crippen LogP contribution in [0.3, 0.4) is 0 Å². The second-order valence-corrected chi connectivity index (χ2v) is 7.14. The first-order valence-electron chi connectivity index (χ1n) is 9.72. The molecular formula is C23H30O4. The zero-order chi connectivity index (χ0) is 18.9. The average molecular weight is 370 g/mol. The minimum Gasteiger partial charge on any atom is -0.493 e. The first-order chi connectivity index (χ1) is 13.3. The van der Waals surface area contributed by atoms with E-state index < -0.39 is 0 Å². The van der Waals surface area contributed by atoms with Gasteiger partial charge in [0.05, 0.1) is 26.4 Å². The van der Waals surface area contributed by atoms with Gasteiger partial charge in [-0.2, -0.15) is 0 Å². The van der Waals surface area contributed by atoms with Crippen molar-refractivity contribution in [3.05, 3.63) is 59.7 Å². The maximum Gasteiger partial charge on any atom is 0.161 e. The SMILES string of the molecule is COCCCOc1cc(CC2CC(OCc3ccccc3)C2)ccc1OC. The summed E-state index contributed by atoms with van der Waals surface area (Å²) in [5.74, 6) is 2.29. The second kappa shape index (κ2) is 10.3. The molecule has 4 heteroatoms. The molecule has 2 aromatic rings. The summed E-state index contributed by atoms with van der Waals surface area (Å²) in [6.45, 7) is 2.04. The zero-order valence-electron chi connectivity index (χ0n) is 16.4. The van der Waals surface area contributed by atoms with Crippen LogP contribution in [0, 0.1) is 5.92 Å². The molecular weight excluding hydrogens is 340 g/mol. The third kappa shape index (κ3) is 5.98. The summed E-state index contributed by atoms with van der Waals surface area (Å²) >= 11 is 0. The lowest BCUT2D eigenvalue weighted by Gasteiger charge is -2.35. The first kappa shape index (κ1) is 19.7. The van der Waals surface area contributed by atoms with Gasteiger partial charge in [-0.3, -0.25) is 0 Å². The highest BCUT2D eigenvalue weighted by Crippen LogP contribution is 2.35. The molecule has 146 valence electrons. The van der Waals surface area contributed by atoms with Crippen LogP contribution in [0.25, 0.3) is 0 Å². The Morgan fingerprint density at radius 2 is 1.70 bits per heavy atom. The van der Waals surface area contributed by atoms with E-state index in [2.05, 4.69) is 36.4 Å². The van der Waals surface area contributed by atoms with Gasteiger partial charge in [0, 0.05) is 20.1 Å². The number of hydrogen-bond acceptors (Lipinski definition) is 4. The predicted octanol–water partition coefficient (Wildman–Crippen LogP) is 4.65. The molecule has 1 fully saturated rings. The van der Waals surface area contributed by atoms with Gasteiger partial charge in [0.2, 0.25) is 0 Å². The second-order valence-electron chi connectivity index (χ2n) is 7.14. The monoisotopic (exact) mass is 370 g/mol. The molecule has 2 aromatic carbocycles. The van der Waals surface area contributed by atoms with Crippen LogP contribution in [-0.4, -0.2) is 33.5 Å². The van der Waals surface area contributed by atoms with Crippen molar-refractivity contribution in [2.75, 3.05) is 27.4 Å². The van der Waals surface area contributed by atoms with Crippen LogP contribution >= 0.6 is 0 Å². The Morgan fingerprint density at radius 1 is 0.889 bits per heavy atom. The van der Waals surface area contributed by atoms with Gasteiger partial charge < -0.3 is 18.9 Å². The van der Waals surface area contributed by atoms with Crippen molar-refractivity contribution in [2.45, 2.75) is 38.4 Å². The van der Waals surface area contributed by atoms with Crippen LogP contribution in [0.2, 0.25) is 0 Å². The van der Waals surface area contributed by atoms with E-state index in [0.717, 1.165) is 37.2 Å². The summed E-state index contributed by atoms with van der Waals surface area (Å²) in [4.78, 5) is 0. The summed E-state index contributed by atoms with van der Waals surface area (Å²) < 4.78 is 22.4. The van der Waals surface area contributed by atoms with Crippen molar-refractivity contribution in [3.8, 4) is 11.5 Å². The van der Waals surface area contributed by atoms with E-state index >= 15 is 0 Å². The average Bonchev–Trinajstić information content (AvgIpc) is 2.68. The molecule has 4 nitrogen and oxygen atoms in total. The number of rotatable bonds is 11. The van der Waals surface area contributed by atoms with Crippen LogP contribution in [0.4, 0.5) is 0 Å². The summed E-state index contributed by atoms with van der Waals surface area (Å²) in [6.07, 6.45) is 4.57. The third-order valence-corrected chi connectivity index (χ3v) is 5.02. The highest BCUT2D eigenvalue weighted by atomic mass is 16.5. The molecule has 0 saturated heterocycles. The van der Waals surface area contributed by atoms with Gasteiger partial charge in [-0.1, -0.05) is 36.4 Å². The van der Waals surface area contributed by atoms with Crippen molar-refractivity contribution >= 4 is 0 Å². The topological polar surface area (TPSA) is 36.9 Å². The molecule has 0 aromatic heterocycles. The van der Waals surface area contributed by atoms with Gasteiger partial charge in [0.1, 0.15) is 0 Å². The summed E-state index contributed by atoms with van der Waals surface area (Å²) in [6, 6.07) is 16.6. The molecule has 0 aliphatic heterocycles. The maximum atomic E-state index is 6.01. The molecule has 0 bridgehead atoms. The van der Waals surface area contributed by atoms with E-state index in [1.807, 2.05) is 12.1 Å². The summed E-state index contributed by atoms with van der Waals surface area (Å²) in [7, 11) is 3.38. The van der Waals surface area contributed by atoms with E-state index in [9.17, 15) is 0 Å². The first-order valence-corrected chi connectivity index (χ1v) is 9.72. The predicted molar refractivity (Wildman–Crippen MR) is 106 cm³/mol. The molecule has 0 atom stereocenters. The molecule has 1 saturated carbocycles. The maximum absolute atomic E-state index is 6.01. The van der Waals surface area contributed by atoms with Crippen molar-refractivity contribution in [2.24, 2.45) is 5.92 Å². The standard InChI is InChI=1S/C23H30O4/c1-24-11-6-12-26-23-16-19(9-10-22(23)25-2)13-20-14-21(15-20)27-17-18-7-4-3-5-8-18/h3-5,7-10,16,20-21H,6,11-15,17H2,1-2H3. The van der Waals surface area contributed by atoms with Gasteiger partial charge in [-0.15, -0.1) is 0 Å². The van der Waals surface area contributed by atoms with E-state index in [0.29, 0.717) is 31.8 Å². The Labute approximate surface area is 162 Å². The van der Waals surface area contributed by atoms with Crippen molar-refractivity contribution < 1.29 is 18.9 Å². The highest BCUT2D eigenvalue weighted by molar-refractivity contribution is 5.43. The van der Waals surface area contributed by atoms with Crippen LogP contribution in [0.15, 0.2) is 48.5 Å². The Hall–Kier alpha value is -2.04. The molecule has 0 unspecified atom stereocenters. The molecule has 0 amide bonds.